The normalized spacial score (nSPS) is 15.3. The van der Waals surface area contributed by atoms with Gasteiger partial charge in [-0.2, -0.15) is 0 Å². The van der Waals surface area contributed by atoms with E-state index < -0.39 is 4.92 Å². The van der Waals surface area contributed by atoms with Gasteiger partial charge in [-0.1, -0.05) is 0 Å². The Balaban J connectivity index is 2.17. The summed E-state index contributed by atoms with van der Waals surface area (Å²) in [4.78, 5) is 23.8. The molecule has 0 bridgehead atoms. The number of carbonyl (C=O) groups is 1. The Bertz CT molecular complexity index is 500. The lowest BCUT2D eigenvalue weighted by Gasteiger charge is -2.38. The van der Waals surface area contributed by atoms with Gasteiger partial charge in [0.25, 0.3) is 11.6 Å². The van der Waals surface area contributed by atoms with E-state index in [1.54, 1.807) is 11.0 Å². The van der Waals surface area contributed by atoms with Crippen molar-refractivity contribution >= 4 is 27.5 Å². The molecule has 1 aromatic carbocycles. The fourth-order valence-electron chi connectivity index (χ4n) is 1.82. The van der Waals surface area contributed by atoms with Crippen LogP contribution in [0.5, 0.6) is 0 Å². The first-order valence-electron chi connectivity index (χ1n) is 5.37. The van der Waals surface area contributed by atoms with Crippen molar-refractivity contribution in [2.24, 2.45) is 5.92 Å². The summed E-state index contributed by atoms with van der Waals surface area (Å²) in [7, 11) is 0. The van der Waals surface area contributed by atoms with Crippen LogP contribution in [0.3, 0.4) is 0 Å². The lowest BCUT2D eigenvalue weighted by atomic mass is 10.00. The predicted octanol–water partition coefficient (Wildman–Crippen LogP) is 1.42. The molecule has 0 aromatic heterocycles. The molecule has 1 N–H and O–H groups in total. The van der Waals surface area contributed by atoms with E-state index in [-0.39, 0.29) is 24.1 Å². The molecule has 1 amide bonds. The van der Waals surface area contributed by atoms with Crippen molar-refractivity contribution in [3.8, 4) is 0 Å². The Kier molecular flexibility index (Phi) is 3.63. The second-order valence-electron chi connectivity index (χ2n) is 4.18. The summed E-state index contributed by atoms with van der Waals surface area (Å²) in [6.07, 6.45) is 0. The van der Waals surface area contributed by atoms with E-state index in [4.69, 9.17) is 5.11 Å². The molecule has 1 aliphatic heterocycles. The lowest BCUT2D eigenvalue weighted by molar-refractivity contribution is -0.385. The predicted molar refractivity (Wildman–Crippen MR) is 67.3 cm³/mol. The fraction of sp³-hybridized carbons (Fsp3) is 0.364. The molecule has 1 saturated heterocycles. The number of nitro groups is 1. The number of amides is 1. The highest BCUT2D eigenvalue weighted by Gasteiger charge is 2.31. The highest BCUT2D eigenvalue weighted by molar-refractivity contribution is 9.10. The minimum Gasteiger partial charge on any atom is -0.396 e. The highest BCUT2D eigenvalue weighted by atomic mass is 79.9. The third-order valence-corrected chi connectivity index (χ3v) is 3.56. The molecule has 1 fully saturated rings. The van der Waals surface area contributed by atoms with Crippen molar-refractivity contribution < 1.29 is 14.8 Å². The number of nitrogens with zero attached hydrogens (tertiary/aromatic N) is 2. The number of benzene rings is 1. The second-order valence-corrected chi connectivity index (χ2v) is 5.04. The molecule has 6 nitrogen and oxygen atoms in total. The van der Waals surface area contributed by atoms with Gasteiger partial charge >= 0.3 is 0 Å². The number of aliphatic hydroxyl groups is 1. The van der Waals surface area contributed by atoms with Gasteiger partial charge in [0.2, 0.25) is 0 Å². The number of hydrogen-bond donors (Lipinski definition) is 1. The average molecular weight is 315 g/mol. The molecule has 7 heteroatoms. The monoisotopic (exact) mass is 314 g/mol. The number of hydrogen-bond acceptors (Lipinski definition) is 4. The summed E-state index contributed by atoms with van der Waals surface area (Å²) < 4.78 is 0.348. The minimum atomic E-state index is -0.534. The smallest absolute Gasteiger partial charge is 0.284 e. The minimum absolute atomic E-state index is 0.0598. The van der Waals surface area contributed by atoms with E-state index in [0.717, 1.165) is 0 Å². The zero-order chi connectivity index (χ0) is 13.3. The van der Waals surface area contributed by atoms with Crippen molar-refractivity contribution in [3.05, 3.63) is 38.3 Å². The highest BCUT2D eigenvalue weighted by Crippen LogP contribution is 2.27. The van der Waals surface area contributed by atoms with Crippen LogP contribution in [0.25, 0.3) is 0 Å². The van der Waals surface area contributed by atoms with Gasteiger partial charge in [0.05, 0.1) is 9.40 Å². The molecule has 0 saturated carbocycles. The molecule has 96 valence electrons. The summed E-state index contributed by atoms with van der Waals surface area (Å²) in [5, 5.41) is 19.6. The maximum absolute atomic E-state index is 12.0. The van der Waals surface area contributed by atoms with E-state index in [0.29, 0.717) is 23.1 Å². The van der Waals surface area contributed by atoms with E-state index in [9.17, 15) is 14.9 Å². The second kappa shape index (κ2) is 5.03. The number of rotatable bonds is 3. The van der Waals surface area contributed by atoms with Gasteiger partial charge in [0, 0.05) is 37.2 Å². The average Bonchev–Trinajstić information content (AvgIpc) is 2.27. The molecule has 1 heterocycles. The SMILES string of the molecule is O=C(c1ccc(Br)c([N+](=O)[O-])c1)N1CC(CO)C1. The van der Waals surface area contributed by atoms with Crippen LogP contribution in [0.2, 0.25) is 0 Å². The summed E-state index contributed by atoms with van der Waals surface area (Å²) in [5.41, 5.74) is 0.168. The summed E-state index contributed by atoms with van der Waals surface area (Å²) in [5.74, 6) is -0.116. The molecular weight excluding hydrogens is 304 g/mol. The van der Waals surface area contributed by atoms with Crippen LogP contribution in [0.15, 0.2) is 22.7 Å². The van der Waals surface area contributed by atoms with Crippen molar-refractivity contribution in [1.29, 1.82) is 0 Å². The number of likely N-dealkylation sites (tertiary alicyclic amines) is 1. The summed E-state index contributed by atoms with van der Waals surface area (Å²) in [6.45, 7) is 1.06. The van der Waals surface area contributed by atoms with Crippen LogP contribution in [0.4, 0.5) is 5.69 Å². The molecule has 0 unspecified atom stereocenters. The zero-order valence-corrected chi connectivity index (χ0v) is 11.0. The van der Waals surface area contributed by atoms with Crippen LogP contribution < -0.4 is 0 Å². The van der Waals surface area contributed by atoms with E-state index in [2.05, 4.69) is 15.9 Å². The first-order valence-corrected chi connectivity index (χ1v) is 6.16. The molecular formula is C11H11BrN2O4. The van der Waals surface area contributed by atoms with Gasteiger partial charge < -0.3 is 10.0 Å². The third-order valence-electron chi connectivity index (χ3n) is 2.89. The molecule has 1 aromatic rings. The number of carbonyl (C=O) groups excluding carboxylic acids is 1. The van der Waals surface area contributed by atoms with E-state index in [1.165, 1.54) is 12.1 Å². The Morgan fingerprint density at radius 1 is 1.56 bits per heavy atom. The summed E-state index contributed by atoms with van der Waals surface area (Å²) in [6, 6.07) is 4.30. The van der Waals surface area contributed by atoms with Crippen LogP contribution in [-0.2, 0) is 0 Å². The quantitative estimate of drug-likeness (QED) is 0.675. The van der Waals surface area contributed by atoms with Crippen LogP contribution in [0.1, 0.15) is 10.4 Å². The first kappa shape index (κ1) is 13.0. The summed E-state index contributed by atoms with van der Waals surface area (Å²) >= 11 is 3.07. The lowest BCUT2D eigenvalue weighted by Crippen LogP contribution is -2.51. The van der Waals surface area contributed by atoms with Gasteiger partial charge in [-0.3, -0.25) is 14.9 Å². The first-order chi connectivity index (χ1) is 8.52. The Labute approximate surface area is 111 Å². The fourth-order valence-corrected chi connectivity index (χ4v) is 2.21. The third kappa shape index (κ3) is 2.37. The van der Waals surface area contributed by atoms with E-state index in [1.807, 2.05) is 0 Å². The van der Waals surface area contributed by atoms with Gasteiger partial charge in [-0.15, -0.1) is 0 Å². The zero-order valence-electron chi connectivity index (χ0n) is 9.38. The Hall–Kier alpha value is -1.47. The van der Waals surface area contributed by atoms with Crippen LogP contribution >= 0.6 is 15.9 Å². The molecule has 1 aliphatic rings. The molecule has 0 atom stereocenters. The molecule has 0 aliphatic carbocycles. The Morgan fingerprint density at radius 2 is 2.22 bits per heavy atom. The van der Waals surface area contributed by atoms with Crippen LogP contribution in [-0.4, -0.2) is 40.5 Å². The maximum atomic E-state index is 12.0. The number of nitro benzene ring substituents is 1. The van der Waals surface area contributed by atoms with Crippen molar-refractivity contribution in [1.82, 2.24) is 4.90 Å². The standard InChI is InChI=1S/C11H11BrN2O4/c12-9-2-1-8(3-10(9)14(17)18)11(16)13-4-7(5-13)6-15/h1-3,7,15H,4-6H2. The number of aliphatic hydroxyl groups excluding tert-OH is 1. The maximum Gasteiger partial charge on any atom is 0.284 e. The Morgan fingerprint density at radius 3 is 2.78 bits per heavy atom. The van der Waals surface area contributed by atoms with Crippen LogP contribution in [0, 0.1) is 16.0 Å². The van der Waals surface area contributed by atoms with Gasteiger partial charge in [-0.25, -0.2) is 0 Å². The molecule has 0 spiro atoms. The van der Waals surface area contributed by atoms with E-state index >= 15 is 0 Å². The largest absolute Gasteiger partial charge is 0.396 e. The van der Waals surface area contributed by atoms with Crippen molar-refractivity contribution in [2.45, 2.75) is 0 Å². The van der Waals surface area contributed by atoms with Crippen molar-refractivity contribution in [3.63, 3.8) is 0 Å². The topological polar surface area (TPSA) is 83.7 Å². The molecule has 2 rings (SSSR count). The van der Waals surface area contributed by atoms with Crippen molar-refractivity contribution in [2.75, 3.05) is 19.7 Å². The number of halogens is 1. The van der Waals surface area contributed by atoms with Gasteiger partial charge in [0.15, 0.2) is 0 Å². The molecule has 18 heavy (non-hydrogen) atoms. The van der Waals surface area contributed by atoms with Gasteiger partial charge in [-0.05, 0) is 28.1 Å². The van der Waals surface area contributed by atoms with Gasteiger partial charge in [0.1, 0.15) is 0 Å². The molecule has 0 radical (unpaired) electrons.